The molecule has 0 aliphatic rings. The predicted octanol–water partition coefficient (Wildman–Crippen LogP) is 2.92. The maximum Gasteiger partial charge on any atom is 0.137 e. The fourth-order valence-electron chi connectivity index (χ4n) is 0.909. The quantitative estimate of drug-likeness (QED) is 0.841. The number of hydrogen-bond acceptors (Lipinski definition) is 4. The van der Waals surface area contributed by atoms with Gasteiger partial charge in [-0.2, -0.15) is 11.8 Å². The van der Waals surface area contributed by atoms with Crippen LogP contribution < -0.4 is 5.73 Å². The third-order valence-electron chi connectivity index (χ3n) is 1.55. The Bertz CT molecular complexity index is 249. The highest BCUT2D eigenvalue weighted by Gasteiger charge is 2.04. The highest BCUT2D eigenvalue weighted by molar-refractivity contribution is 7.98. The highest BCUT2D eigenvalue weighted by Crippen LogP contribution is 2.23. The van der Waals surface area contributed by atoms with Gasteiger partial charge in [-0.05, 0) is 18.6 Å². The number of aromatic nitrogens is 1. The van der Waals surface area contributed by atoms with Crippen LogP contribution in [0, 0.1) is 12.8 Å². The lowest BCUT2D eigenvalue weighted by Gasteiger charge is -2.01. The predicted molar refractivity (Wildman–Crippen MR) is 62.3 cm³/mol. The van der Waals surface area contributed by atoms with Crippen LogP contribution in [0.3, 0.4) is 0 Å². The summed E-state index contributed by atoms with van der Waals surface area (Å²) in [6, 6.07) is 0. The van der Waals surface area contributed by atoms with Crippen LogP contribution in [0.1, 0.15) is 23.7 Å². The van der Waals surface area contributed by atoms with E-state index in [0.29, 0.717) is 5.82 Å². The Morgan fingerprint density at radius 3 is 2.69 bits per heavy atom. The minimum atomic E-state index is 0.699. The first-order valence-electron chi connectivity index (χ1n) is 4.39. The molecular formula is C9H16N2S2. The summed E-state index contributed by atoms with van der Waals surface area (Å²) in [7, 11) is 0. The number of nitrogen functional groups attached to an aromatic ring is 1. The molecule has 1 aromatic rings. The third-order valence-corrected chi connectivity index (χ3v) is 4.10. The number of anilines is 1. The van der Waals surface area contributed by atoms with E-state index in [4.69, 9.17) is 5.73 Å². The van der Waals surface area contributed by atoms with Gasteiger partial charge in [0.05, 0.1) is 0 Å². The van der Waals surface area contributed by atoms with Crippen molar-refractivity contribution in [3.63, 3.8) is 0 Å². The van der Waals surface area contributed by atoms with Crippen LogP contribution in [0.25, 0.3) is 0 Å². The number of thioether (sulfide) groups is 1. The molecule has 0 aliphatic heterocycles. The van der Waals surface area contributed by atoms with Crippen LogP contribution in [0.15, 0.2) is 0 Å². The average Bonchev–Trinajstić information content (AvgIpc) is 2.30. The van der Waals surface area contributed by atoms with Crippen LogP contribution in [0.4, 0.5) is 5.82 Å². The summed E-state index contributed by atoms with van der Waals surface area (Å²) in [5, 5.41) is 1.15. The Morgan fingerprint density at radius 1 is 1.54 bits per heavy atom. The first-order chi connectivity index (χ1) is 6.09. The fraction of sp³-hybridized carbons (Fsp3) is 0.667. The van der Waals surface area contributed by atoms with E-state index in [-0.39, 0.29) is 0 Å². The molecular weight excluding hydrogens is 200 g/mol. The lowest BCUT2D eigenvalue weighted by atomic mass is 10.3. The van der Waals surface area contributed by atoms with E-state index >= 15 is 0 Å². The topological polar surface area (TPSA) is 38.9 Å². The van der Waals surface area contributed by atoms with Gasteiger partial charge in [0.1, 0.15) is 10.8 Å². The summed E-state index contributed by atoms with van der Waals surface area (Å²) < 4.78 is 0. The van der Waals surface area contributed by atoms with Gasteiger partial charge in [0.2, 0.25) is 0 Å². The fourth-order valence-corrected chi connectivity index (χ4v) is 2.87. The maximum absolute atomic E-state index is 5.66. The first kappa shape index (κ1) is 10.9. The Balaban J connectivity index is 2.37. The molecule has 0 saturated heterocycles. The van der Waals surface area contributed by atoms with Crippen molar-refractivity contribution < 1.29 is 0 Å². The normalized spacial score (nSPS) is 11.1. The number of aryl methyl sites for hydroxylation is 1. The summed E-state index contributed by atoms with van der Waals surface area (Å²) in [6.45, 7) is 6.48. The second kappa shape index (κ2) is 4.86. The molecule has 2 N–H and O–H groups in total. The van der Waals surface area contributed by atoms with Crippen molar-refractivity contribution in [2.24, 2.45) is 5.92 Å². The van der Waals surface area contributed by atoms with Gasteiger partial charge < -0.3 is 5.73 Å². The zero-order valence-electron chi connectivity index (χ0n) is 8.33. The Labute approximate surface area is 87.9 Å². The molecule has 0 fully saturated rings. The molecule has 0 spiro atoms. The Morgan fingerprint density at radius 2 is 2.23 bits per heavy atom. The highest BCUT2D eigenvalue weighted by atomic mass is 32.2. The van der Waals surface area contributed by atoms with Gasteiger partial charge in [-0.15, -0.1) is 11.3 Å². The molecule has 1 aromatic heterocycles. The molecule has 0 aromatic carbocycles. The Kier molecular flexibility index (Phi) is 4.06. The smallest absolute Gasteiger partial charge is 0.137 e. The number of rotatable bonds is 4. The molecule has 0 radical (unpaired) electrons. The van der Waals surface area contributed by atoms with E-state index in [9.17, 15) is 0 Å². The minimum absolute atomic E-state index is 0.699. The van der Waals surface area contributed by atoms with E-state index in [1.54, 1.807) is 11.3 Å². The van der Waals surface area contributed by atoms with Crippen LogP contribution in [0.5, 0.6) is 0 Å². The van der Waals surface area contributed by atoms with Gasteiger partial charge in [-0.3, -0.25) is 0 Å². The van der Waals surface area contributed by atoms with Gasteiger partial charge in [0.15, 0.2) is 0 Å². The standard InChI is InChI=1S/C9H16N2S2/c1-6(2)4-12-5-8-11-9(10)7(3)13-8/h6H,4-5,10H2,1-3H3. The molecule has 1 heterocycles. The van der Waals surface area contributed by atoms with Crippen molar-refractivity contribution in [3.8, 4) is 0 Å². The zero-order chi connectivity index (χ0) is 9.84. The zero-order valence-corrected chi connectivity index (χ0v) is 9.97. The van der Waals surface area contributed by atoms with Crippen molar-refractivity contribution in [3.05, 3.63) is 9.88 Å². The second-order valence-electron chi connectivity index (χ2n) is 3.46. The van der Waals surface area contributed by atoms with Crippen molar-refractivity contribution in [1.29, 1.82) is 0 Å². The average molecular weight is 216 g/mol. The molecule has 13 heavy (non-hydrogen) atoms. The molecule has 4 heteroatoms. The molecule has 0 atom stereocenters. The van der Waals surface area contributed by atoms with Crippen molar-refractivity contribution >= 4 is 28.9 Å². The summed E-state index contributed by atoms with van der Waals surface area (Å²) in [6.07, 6.45) is 0. The van der Waals surface area contributed by atoms with E-state index in [1.807, 2.05) is 18.7 Å². The minimum Gasteiger partial charge on any atom is -0.383 e. The van der Waals surface area contributed by atoms with Gasteiger partial charge in [-0.25, -0.2) is 4.98 Å². The number of nitrogens with zero attached hydrogens (tertiary/aromatic N) is 1. The molecule has 0 amide bonds. The number of nitrogens with two attached hydrogens (primary N) is 1. The summed E-state index contributed by atoms with van der Waals surface area (Å²) in [5.74, 6) is 3.65. The lowest BCUT2D eigenvalue weighted by molar-refractivity contribution is 0.750. The molecule has 0 bridgehead atoms. The molecule has 0 saturated carbocycles. The van der Waals surface area contributed by atoms with E-state index in [0.717, 1.165) is 21.6 Å². The van der Waals surface area contributed by atoms with E-state index in [1.165, 1.54) is 5.75 Å². The Hall–Kier alpha value is -0.220. The first-order valence-corrected chi connectivity index (χ1v) is 6.36. The van der Waals surface area contributed by atoms with Gasteiger partial charge in [0, 0.05) is 10.6 Å². The third kappa shape index (κ3) is 3.56. The molecule has 0 unspecified atom stereocenters. The van der Waals surface area contributed by atoms with E-state index in [2.05, 4.69) is 18.8 Å². The van der Waals surface area contributed by atoms with Crippen LogP contribution in [-0.2, 0) is 5.75 Å². The SMILES string of the molecule is Cc1sc(CSCC(C)C)nc1N. The number of thiazole rings is 1. The van der Waals surface area contributed by atoms with Crippen molar-refractivity contribution in [1.82, 2.24) is 4.98 Å². The van der Waals surface area contributed by atoms with Crippen LogP contribution >= 0.6 is 23.1 Å². The molecule has 74 valence electrons. The second-order valence-corrected chi connectivity index (χ2v) is 5.78. The van der Waals surface area contributed by atoms with Gasteiger partial charge >= 0.3 is 0 Å². The summed E-state index contributed by atoms with van der Waals surface area (Å²) >= 11 is 3.64. The molecule has 1 rings (SSSR count). The van der Waals surface area contributed by atoms with Crippen LogP contribution in [0.2, 0.25) is 0 Å². The van der Waals surface area contributed by atoms with Crippen molar-refractivity contribution in [2.45, 2.75) is 26.5 Å². The van der Waals surface area contributed by atoms with Crippen molar-refractivity contribution in [2.75, 3.05) is 11.5 Å². The maximum atomic E-state index is 5.66. The number of hydrogen-bond donors (Lipinski definition) is 1. The molecule has 0 aliphatic carbocycles. The van der Waals surface area contributed by atoms with Crippen LogP contribution in [-0.4, -0.2) is 10.7 Å². The van der Waals surface area contributed by atoms with E-state index < -0.39 is 0 Å². The lowest BCUT2D eigenvalue weighted by Crippen LogP contribution is -1.91. The summed E-state index contributed by atoms with van der Waals surface area (Å²) in [4.78, 5) is 5.42. The molecule has 2 nitrogen and oxygen atoms in total. The van der Waals surface area contributed by atoms with Gasteiger partial charge in [-0.1, -0.05) is 13.8 Å². The monoisotopic (exact) mass is 216 g/mol. The summed E-state index contributed by atoms with van der Waals surface area (Å²) in [5.41, 5.74) is 5.66. The largest absolute Gasteiger partial charge is 0.383 e. The van der Waals surface area contributed by atoms with Gasteiger partial charge in [0.25, 0.3) is 0 Å².